The number of nitrogens with one attached hydrogen (secondary N) is 1. The molecule has 1 aliphatic rings. The molecule has 0 saturated heterocycles. The van der Waals surface area contributed by atoms with Crippen LogP contribution in [0.2, 0.25) is 0 Å². The maximum Gasteiger partial charge on any atom is 0.207 e. The largest absolute Gasteiger partial charge is 0.345 e. The van der Waals surface area contributed by atoms with E-state index in [1.807, 2.05) is 18.2 Å². The quantitative estimate of drug-likeness (QED) is 0.755. The fraction of sp³-hybridized carbons (Fsp3) is 0.154. The van der Waals surface area contributed by atoms with Crippen LogP contribution in [0.25, 0.3) is 6.08 Å². The molecule has 3 rings (SSSR count). The van der Waals surface area contributed by atoms with Crippen LogP contribution < -0.4 is 0 Å². The predicted molar refractivity (Wildman–Crippen MR) is 63.5 cm³/mol. The molecule has 84 valence electrons. The minimum atomic E-state index is 0.0291. The van der Waals surface area contributed by atoms with Crippen molar-refractivity contribution in [2.24, 2.45) is 0 Å². The first kappa shape index (κ1) is 9.96. The monoisotopic (exact) mass is 225 g/mol. The molecule has 0 bridgehead atoms. The molecule has 0 aliphatic heterocycles. The number of imidazole rings is 1. The molecular weight excluding hydrogens is 214 g/mol. The summed E-state index contributed by atoms with van der Waals surface area (Å²) < 4.78 is 0. The molecule has 0 unspecified atom stereocenters. The first-order valence-corrected chi connectivity index (χ1v) is 5.52. The van der Waals surface area contributed by atoms with E-state index in [1.165, 1.54) is 0 Å². The smallest absolute Gasteiger partial charge is 0.207 e. The van der Waals surface area contributed by atoms with Gasteiger partial charge in [0.2, 0.25) is 5.78 Å². The number of pyridine rings is 1. The number of aromatic nitrogens is 3. The van der Waals surface area contributed by atoms with E-state index >= 15 is 0 Å². The van der Waals surface area contributed by atoms with Crippen LogP contribution in [-0.4, -0.2) is 20.7 Å². The summed E-state index contributed by atoms with van der Waals surface area (Å²) >= 11 is 0. The summed E-state index contributed by atoms with van der Waals surface area (Å²) in [5.41, 5.74) is 3.27. The molecule has 4 heteroatoms. The Hall–Kier alpha value is -2.23. The highest BCUT2D eigenvalue weighted by atomic mass is 16.1. The number of aryl methyl sites for hydroxylation is 1. The summed E-state index contributed by atoms with van der Waals surface area (Å²) in [6.45, 7) is 0. The number of carbonyl (C=O) groups is 1. The maximum absolute atomic E-state index is 12.2. The standard InChI is InChI=1S/C13H11N3O/c17-13-10(6-11-7-14-8-16-11)4-3-9-2-1-5-15-12(9)13/h1-2,5-8H,3-4H2,(H,14,16)/b10-6+. The van der Waals surface area contributed by atoms with Crippen LogP contribution in [0, 0.1) is 0 Å². The lowest BCUT2D eigenvalue weighted by atomic mass is 9.90. The number of fused-ring (bicyclic) bond motifs is 1. The Kier molecular flexibility index (Phi) is 2.33. The Morgan fingerprint density at radius 2 is 2.29 bits per heavy atom. The number of ketones is 1. The van der Waals surface area contributed by atoms with Gasteiger partial charge in [-0.25, -0.2) is 4.98 Å². The van der Waals surface area contributed by atoms with Crippen LogP contribution in [-0.2, 0) is 6.42 Å². The van der Waals surface area contributed by atoms with Gasteiger partial charge in [-0.3, -0.25) is 9.78 Å². The number of carbonyl (C=O) groups excluding carboxylic acids is 1. The number of hydrogen-bond donors (Lipinski definition) is 1. The van der Waals surface area contributed by atoms with Crippen LogP contribution in [0.15, 0.2) is 36.4 Å². The molecule has 0 radical (unpaired) electrons. The Morgan fingerprint density at radius 1 is 1.35 bits per heavy atom. The van der Waals surface area contributed by atoms with Gasteiger partial charge >= 0.3 is 0 Å². The lowest BCUT2D eigenvalue weighted by Gasteiger charge is -2.15. The van der Waals surface area contributed by atoms with Crippen molar-refractivity contribution in [1.82, 2.24) is 15.0 Å². The molecule has 0 atom stereocenters. The van der Waals surface area contributed by atoms with Gasteiger partial charge in [-0.1, -0.05) is 6.07 Å². The van der Waals surface area contributed by atoms with Crippen LogP contribution in [0.5, 0.6) is 0 Å². The van der Waals surface area contributed by atoms with Crippen LogP contribution >= 0.6 is 0 Å². The van der Waals surface area contributed by atoms with Gasteiger partial charge in [0.25, 0.3) is 0 Å². The van der Waals surface area contributed by atoms with E-state index in [9.17, 15) is 4.79 Å². The van der Waals surface area contributed by atoms with Crippen LogP contribution in [0.1, 0.15) is 28.2 Å². The second kappa shape index (κ2) is 3.97. The number of nitrogens with zero attached hydrogens (tertiary/aromatic N) is 2. The molecule has 0 amide bonds. The summed E-state index contributed by atoms with van der Waals surface area (Å²) in [5, 5.41) is 0. The highest BCUT2D eigenvalue weighted by Gasteiger charge is 2.22. The Labute approximate surface area is 98.4 Å². The first-order valence-electron chi connectivity index (χ1n) is 5.52. The van der Waals surface area contributed by atoms with Gasteiger partial charge in [0, 0.05) is 11.8 Å². The number of hydrogen-bond acceptors (Lipinski definition) is 3. The van der Waals surface area contributed by atoms with Crippen LogP contribution in [0.3, 0.4) is 0 Å². The zero-order valence-corrected chi connectivity index (χ0v) is 9.18. The summed E-state index contributed by atoms with van der Waals surface area (Å²) in [6.07, 6.45) is 8.45. The topological polar surface area (TPSA) is 58.6 Å². The summed E-state index contributed by atoms with van der Waals surface area (Å²) in [5.74, 6) is 0.0291. The number of H-pyrrole nitrogens is 1. The average Bonchev–Trinajstić information content (AvgIpc) is 2.86. The van der Waals surface area contributed by atoms with Crippen molar-refractivity contribution in [3.63, 3.8) is 0 Å². The third-order valence-corrected chi connectivity index (χ3v) is 2.91. The summed E-state index contributed by atoms with van der Waals surface area (Å²) in [4.78, 5) is 23.2. The zero-order chi connectivity index (χ0) is 11.7. The van der Waals surface area contributed by atoms with Gasteiger partial charge in [0.05, 0.1) is 18.2 Å². The Bertz CT molecular complexity index is 584. The fourth-order valence-corrected chi connectivity index (χ4v) is 2.05. The highest BCUT2D eigenvalue weighted by Crippen LogP contribution is 2.24. The molecule has 2 aromatic rings. The molecule has 1 N–H and O–H groups in total. The number of aromatic amines is 1. The number of Topliss-reactive ketones (excluding diaryl/α,β-unsaturated/α-hetero) is 1. The zero-order valence-electron chi connectivity index (χ0n) is 9.18. The Balaban J connectivity index is 2.00. The van der Waals surface area contributed by atoms with E-state index in [-0.39, 0.29) is 5.78 Å². The predicted octanol–water partition coefficient (Wildman–Crippen LogP) is 2.02. The molecule has 0 aromatic carbocycles. The van der Waals surface area contributed by atoms with E-state index in [4.69, 9.17) is 0 Å². The summed E-state index contributed by atoms with van der Waals surface area (Å²) in [6, 6.07) is 3.84. The van der Waals surface area contributed by atoms with Crippen molar-refractivity contribution in [2.75, 3.05) is 0 Å². The molecule has 1 aliphatic carbocycles. The molecule has 2 heterocycles. The minimum absolute atomic E-state index is 0.0291. The highest BCUT2D eigenvalue weighted by molar-refractivity contribution is 6.11. The van der Waals surface area contributed by atoms with Crippen molar-refractivity contribution >= 4 is 11.9 Å². The number of allylic oxidation sites excluding steroid dienone is 1. The normalized spacial score (nSPS) is 17.2. The molecular formula is C13H11N3O. The van der Waals surface area contributed by atoms with Crippen molar-refractivity contribution in [3.8, 4) is 0 Å². The minimum Gasteiger partial charge on any atom is -0.345 e. The maximum atomic E-state index is 12.2. The van der Waals surface area contributed by atoms with Crippen molar-refractivity contribution in [1.29, 1.82) is 0 Å². The van der Waals surface area contributed by atoms with Crippen molar-refractivity contribution in [2.45, 2.75) is 12.8 Å². The number of rotatable bonds is 1. The van der Waals surface area contributed by atoms with E-state index in [0.717, 1.165) is 29.7 Å². The van der Waals surface area contributed by atoms with Gasteiger partial charge in [-0.2, -0.15) is 0 Å². The second-order valence-corrected chi connectivity index (χ2v) is 4.02. The second-order valence-electron chi connectivity index (χ2n) is 4.02. The lowest BCUT2D eigenvalue weighted by molar-refractivity contribution is 0.102. The first-order chi connectivity index (χ1) is 8.34. The van der Waals surface area contributed by atoms with Crippen LogP contribution in [0.4, 0.5) is 0 Å². The molecule has 0 fully saturated rings. The molecule has 0 saturated carbocycles. The van der Waals surface area contributed by atoms with Gasteiger partial charge in [-0.05, 0) is 30.5 Å². The third-order valence-electron chi connectivity index (χ3n) is 2.91. The molecule has 17 heavy (non-hydrogen) atoms. The summed E-state index contributed by atoms with van der Waals surface area (Å²) in [7, 11) is 0. The van der Waals surface area contributed by atoms with Crippen molar-refractivity contribution in [3.05, 3.63) is 53.4 Å². The Morgan fingerprint density at radius 3 is 3.12 bits per heavy atom. The van der Waals surface area contributed by atoms with E-state index < -0.39 is 0 Å². The molecule has 0 spiro atoms. The van der Waals surface area contributed by atoms with Gasteiger partial charge < -0.3 is 4.98 Å². The third kappa shape index (κ3) is 1.78. The van der Waals surface area contributed by atoms with Gasteiger partial charge in [0.1, 0.15) is 5.69 Å². The van der Waals surface area contributed by atoms with E-state index in [2.05, 4.69) is 15.0 Å². The lowest BCUT2D eigenvalue weighted by Crippen LogP contribution is -2.15. The molecule has 2 aromatic heterocycles. The van der Waals surface area contributed by atoms with Gasteiger partial charge in [-0.15, -0.1) is 0 Å². The van der Waals surface area contributed by atoms with E-state index in [1.54, 1.807) is 18.7 Å². The van der Waals surface area contributed by atoms with Gasteiger partial charge in [0.15, 0.2) is 0 Å². The fourth-order valence-electron chi connectivity index (χ4n) is 2.05. The van der Waals surface area contributed by atoms with Crippen molar-refractivity contribution < 1.29 is 4.79 Å². The molecule has 4 nitrogen and oxygen atoms in total. The SMILES string of the molecule is O=C1/C(=C/c2cnc[nH]2)CCc2cccnc21. The van der Waals surface area contributed by atoms with E-state index in [0.29, 0.717) is 5.69 Å². The average molecular weight is 225 g/mol.